The number of carbonyl (C=O) groups is 1. The number of likely N-dealkylation sites (tertiary alicyclic amines) is 1. The summed E-state index contributed by atoms with van der Waals surface area (Å²) in [7, 11) is 0. The van der Waals surface area contributed by atoms with E-state index < -0.39 is 11.6 Å². The van der Waals surface area contributed by atoms with Gasteiger partial charge in [-0.05, 0) is 31.9 Å². The molecule has 0 bridgehead atoms. The zero-order valence-electron chi connectivity index (χ0n) is 11.8. The van der Waals surface area contributed by atoms with Crippen LogP contribution in [0.25, 0.3) is 0 Å². The fourth-order valence-electron chi connectivity index (χ4n) is 2.56. The standard InChI is InChI=1S/C15H20FNO3/c1-11(7-12-5-3-4-6-13(12)16)17-9-15(2,10-17)20-8-14(18)19/h3-6,11H,7-10H2,1-2H3,(H,18,19). The van der Waals surface area contributed by atoms with E-state index in [1.54, 1.807) is 12.1 Å². The van der Waals surface area contributed by atoms with Gasteiger partial charge in [0.1, 0.15) is 12.4 Å². The van der Waals surface area contributed by atoms with Gasteiger partial charge < -0.3 is 9.84 Å². The van der Waals surface area contributed by atoms with Crippen LogP contribution in [0.3, 0.4) is 0 Å². The summed E-state index contributed by atoms with van der Waals surface area (Å²) < 4.78 is 19.0. The van der Waals surface area contributed by atoms with Gasteiger partial charge >= 0.3 is 5.97 Å². The monoisotopic (exact) mass is 281 g/mol. The topological polar surface area (TPSA) is 49.8 Å². The van der Waals surface area contributed by atoms with Gasteiger partial charge in [0.15, 0.2) is 0 Å². The van der Waals surface area contributed by atoms with E-state index in [0.717, 1.165) is 0 Å². The van der Waals surface area contributed by atoms with Gasteiger partial charge in [0.25, 0.3) is 0 Å². The average Bonchev–Trinajstić information content (AvgIpc) is 2.35. The summed E-state index contributed by atoms with van der Waals surface area (Å²) in [6, 6.07) is 6.99. The number of carboxylic acids is 1. The van der Waals surface area contributed by atoms with Crippen molar-refractivity contribution in [3.8, 4) is 0 Å². The normalized spacial score (nSPS) is 19.4. The molecule has 2 rings (SSSR count). The number of hydrogen-bond donors (Lipinski definition) is 1. The molecule has 0 spiro atoms. The second kappa shape index (κ2) is 5.89. The molecule has 0 amide bonds. The van der Waals surface area contributed by atoms with Crippen molar-refractivity contribution in [1.82, 2.24) is 4.90 Å². The van der Waals surface area contributed by atoms with Gasteiger partial charge in [0.05, 0.1) is 5.60 Å². The third kappa shape index (κ3) is 3.55. The van der Waals surface area contributed by atoms with E-state index in [9.17, 15) is 9.18 Å². The van der Waals surface area contributed by atoms with E-state index in [1.165, 1.54) is 6.07 Å². The fraction of sp³-hybridized carbons (Fsp3) is 0.533. The van der Waals surface area contributed by atoms with Crippen LogP contribution in [0.5, 0.6) is 0 Å². The molecule has 1 aromatic carbocycles. The first-order valence-corrected chi connectivity index (χ1v) is 6.73. The van der Waals surface area contributed by atoms with Crippen molar-refractivity contribution in [2.45, 2.75) is 31.9 Å². The van der Waals surface area contributed by atoms with Gasteiger partial charge in [-0.15, -0.1) is 0 Å². The molecule has 1 aliphatic rings. The maximum atomic E-state index is 13.6. The van der Waals surface area contributed by atoms with Crippen molar-refractivity contribution in [2.24, 2.45) is 0 Å². The Kier molecular flexibility index (Phi) is 4.40. The first kappa shape index (κ1) is 14.9. The van der Waals surface area contributed by atoms with E-state index >= 15 is 0 Å². The predicted octanol–water partition coefficient (Wildman–Crippen LogP) is 1.93. The van der Waals surface area contributed by atoms with Crippen LogP contribution in [0.2, 0.25) is 0 Å². The number of rotatable bonds is 6. The van der Waals surface area contributed by atoms with Crippen molar-refractivity contribution in [2.75, 3.05) is 19.7 Å². The summed E-state index contributed by atoms with van der Waals surface area (Å²) in [5.41, 5.74) is 0.307. The van der Waals surface area contributed by atoms with Crippen LogP contribution in [0.1, 0.15) is 19.4 Å². The maximum Gasteiger partial charge on any atom is 0.329 e. The highest BCUT2D eigenvalue weighted by Gasteiger charge is 2.42. The van der Waals surface area contributed by atoms with Gasteiger partial charge in [0.2, 0.25) is 0 Å². The molecule has 1 fully saturated rings. The van der Waals surface area contributed by atoms with E-state index in [4.69, 9.17) is 9.84 Å². The second-order valence-corrected chi connectivity index (χ2v) is 5.68. The summed E-state index contributed by atoms with van der Waals surface area (Å²) in [6.07, 6.45) is 0.641. The minimum atomic E-state index is -0.955. The molecule has 110 valence electrons. The van der Waals surface area contributed by atoms with Crippen LogP contribution >= 0.6 is 0 Å². The number of ether oxygens (including phenoxy) is 1. The molecule has 0 aliphatic carbocycles. The van der Waals surface area contributed by atoms with Gasteiger partial charge in [-0.1, -0.05) is 18.2 Å². The lowest BCUT2D eigenvalue weighted by atomic mass is 9.92. The molecule has 5 heteroatoms. The zero-order valence-corrected chi connectivity index (χ0v) is 11.8. The molecule has 4 nitrogen and oxygen atoms in total. The Hall–Kier alpha value is -1.46. The zero-order chi connectivity index (χ0) is 14.8. The molecule has 1 aromatic rings. The Bertz CT molecular complexity index is 486. The molecular formula is C15H20FNO3. The molecule has 0 aromatic heterocycles. The number of carboxylic acid groups (broad SMARTS) is 1. The maximum absolute atomic E-state index is 13.6. The van der Waals surface area contributed by atoms with Gasteiger partial charge in [-0.25, -0.2) is 9.18 Å². The molecule has 1 heterocycles. The van der Waals surface area contributed by atoms with Gasteiger partial charge in [0, 0.05) is 19.1 Å². The lowest BCUT2D eigenvalue weighted by Crippen LogP contribution is -2.64. The molecule has 0 radical (unpaired) electrons. The summed E-state index contributed by atoms with van der Waals surface area (Å²) in [5, 5.41) is 8.62. The summed E-state index contributed by atoms with van der Waals surface area (Å²) in [5.74, 6) is -1.13. The lowest BCUT2D eigenvalue weighted by Gasteiger charge is -2.50. The minimum absolute atomic E-state index is 0.176. The van der Waals surface area contributed by atoms with Crippen LogP contribution < -0.4 is 0 Å². The highest BCUT2D eigenvalue weighted by atomic mass is 19.1. The van der Waals surface area contributed by atoms with E-state index in [2.05, 4.69) is 4.90 Å². The number of hydrogen-bond acceptors (Lipinski definition) is 3. The van der Waals surface area contributed by atoms with Crippen LogP contribution in [0.15, 0.2) is 24.3 Å². The van der Waals surface area contributed by atoms with Crippen molar-refractivity contribution >= 4 is 5.97 Å². The summed E-state index contributed by atoms with van der Waals surface area (Å²) in [6.45, 7) is 5.03. The molecule has 0 saturated carbocycles. The first-order chi connectivity index (χ1) is 9.39. The SMILES string of the molecule is CC(Cc1ccccc1F)N1CC(C)(OCC(=O)O)C1. The van der Waals surface area contributed by atoms with Gasteiger partial charge in [-0.2, -0.15) is 0 Å². The lowest BCUT2D eigenvalue weighted by molar-refractivity contribution is -0.168. The quantitative estimate of drug-likeness (QED) is 0.865. The number of aliphatic carboxylic acids is 1. The van der Waals surface area contributed by atoms with E-state index in [-0.39, 0.29) is 18.5 Å². The predicted molar refractivity (Wildman–Crippen MR) is 73.1 cm³/mol. The van der Waals surface area contributed by atoms with Crippen LogP contribution in [-0.2, 0) is 16.0 Å². The molecular weight excluding hydrogens is 261 g/mol. The molecule has 1 aliphatic heterocycles. The van der Waals surface area contributed by atoms with Crippen LogP contribution in [0, 0.1) is 5.82 Å². The number of nitrogens with zero attached hydrogens (tertiary/aromatic N) is 1. The first-order valence-electron chi connectivity index (χ1n) is 6.73. The Balaban J connectivity index is 1.83. The summed E-state index contributed by atoms with van der Waals surface area (Å²) in [4.78, 5) is 12.7. The highest BCUT2D eigenvalue weighted by molar-refractivity contribution is 5.68. The average molecular weight is 281 g/mol. The van der Waals surface area contributed by atoms with E-state index in [0.29, 0.717) is 25.1 Å². The van der Waals surface area contributed by atoms with E-state index in [1.807, 2.05) is 19.9 Å². The van der Waals surface area contributed by atoms with Crippen LogP contribution in [0.4, 0.5) is 4.39 Å². The minimum Gasteiger partial charge on any atom is -0.480 e. The Morgan fingerprint density at radius 2 is 2.15 bits per heavy atom. The number of halogens is 1. The van der Waals surface area contributed by atoms with Crippen molar-refractivity contribution in [3.63, 3.8) is 0 Å². The van der Waals surface area contributed by atoms with Crippen molar-refractivity contribution in [1.29, 1.82) is 0 Å². The fourth-order valence-corrected chi connectivity index (χ4v) is 2.56. The Morgan fingerprint density at radius 3 is 2.75 bits per heavy atom. The largest absolute Gasteiger partial charge is 0.480 e. The molecule has 1 saturated heterocycles. The van der Waals surface area contributed by atoms with Crippen molar-refractivity contribution < 1.29 is 19.0 Å². The number of benzene rings is 1. The Morgan fingerprint density at radius 1 is 1.50 bits per heavy atom. The molecule has 1 unspecified atom stereocenters. The van der Waals surface area contributed by atoms with Crippen LogP contribution in [-0.4, -0.2) is 47.3 Å². The van der Waals surface area contributed by atoms with Gasteiger partial charge in [-0.3, -0.25) is 4.90 Å². The molecule has 20 heavy (non-hydrogen) atoms. The molecule has 1 atom stereocenters. The highest BCUT2D eigenvalue weighted by Crippen LogP contribution is 2.28. The van der Waals surface area contributed by atoms with Crippen molar-refractivity contribution in [3.05, 3.63) is 35.6 Å². The third-order valence-electron chi connectivity index (χ3n) is 3.72. The molecule has 1 N–H and O–H groups in total. The third-order valence-corrected chi connectivity index (χ3v) is 3.72. The summed E-state index contributed by atoms with van der Waals surface area (Å²) >= 11 is 0. The smallest absolute Gasteiger partial charge is 0.329 e. The second-order valence-electron chi connectivity index (χ2n) is 5.68. The Labute approximate surface area is 118 Å².